The maximum absolute atomic E-state index is 6.38. The number of nitrogens with zero attached hydrogens (tertiary/aromatic N) is 3. The van der Waals surface area contributed by atoms with Crippen LogP contribution in [0.3, 0.4) is 0 Å². The van der Waals surface area contributed by atoms with Crippen molar-refractivity contribution in [2.75, 3.05) is 0 Å². The molecule has 0 saturated carbocycles. The quantitative estimate of drug-likeness (QED) is 0.172. The molecule has 0 saturated heterocycles. The van der Waals surface area contributed by atoms with Gasteiger partial charge in [-0.3, -0.25) is 0 Å². The number of fused-ring (bicyclic) bond motifs is 12. The molecule has 6 heteroatoms. The molecule has 1 aliphatic rings. The molecule has 0 spiro atoms. The fraction of sp³-hybridized carbons (Fsp3) is 0.0500. The van der Waals surface area contributed by atoms with Gasteiger partial charge in [-0.2, -0.15) is 0 Å². The van der Waals surface area contributed by atoms with Gasteiger partial charge >= 0.3 is 0 Å². The summed E-state index contributed by atoms with van der Waals surface area (Å²) in [5.74, 6) is 1.74. The van der Waals surface area contributed by atoms with E-state index in [-0.39, 0.29) is 5.41 Å². The van der Waals surface area contributed by atoms with Gasteiger partial charge in [0.2, 0.25) is 0 Å². The summed E-state index contributed by atoms with van der Waals surface area (Å²) >= 11 is 0. The van der Waals surface area contributed by atoms with Crippen molar-refractivity contribution in [2.24, 2.45) is 0 Å². The molecule has 14 rings (SSSR count). The van der Waals surface area contributed by atoms with Crippen LogP contribution in [-0.4, -0.2) is 15.0 Å². The van der Waals surface area contributed by atoms with Crippen LogP contribution < -0.4 is 0 Å². The number of furan rings is 3. The summed E-state index contributed by atoms with van der Waals surface area (Å²) in [6, 6.07) is 65.5. The molecule has 0 N–H and O–H groups in total. The molecule has 4 aromatic heterocycles. The van der Waals surface area contributed by atoms with Crippen LogP contribution in [0.25, 0.3) is 133 Å². The molecule has 310 valence electrons. The summed E-state index contributed by atoms with van der Waals surface area (Å²) in [6.07, 6.45) is 0. The first-order valence-corrected chi connectivity index (χ1v) is 22.3. The lowest BCUT2D eigenvalue weighted by molar-refractivity contribution is 0.660. The summed E-state index contributed by atoms with van der Waals surface area (Å²) in [6.45, 7) is 4.64. The van der Waals surface area contributed by atoms with E-state index in [1.54, 1.807) is 0 Å². The lowest BCUT2D eigenvalue weighted by Crippen LogP contribution is -2.15. The molecule has 66 heavy (non-hydrogen) atoms. The Hall–Kier alpha value is -8.61. The van der Waals surface area contributed by atoms with Crippen LogP contribution in [0.5, 0.6) is 0 Å². The van der Waals surface area contributed by atoms with Crippen LogP contribution in [0.1, 0.15) is 25.0 Å². The Morgan fingerprint density at radius 3 is 1.38 bits per heavy atom. The maximum atomic E-state index is 6.38. The first-order chi connectivity index (χ1) is 32.4. The Morgan fingerprint density at radius 2 is 0.758 bits per heavy atom. The number of hydrogen-bond donors (Lipinski definition) is 0. The minimum absolute atomic E-state index is 0.297. The predicted molar refractivity (Wildman–Crippen MR) is 266 cm³/mol. The van der Waals surface area contributed by atoms with Crippen LogP contribution in [0.15, 0.2) is 201 Å². The molecule has 0 atom stereocenters. The van der Waals surface area contributed by atoms with Crippen molar-refractivity contribution in [1.29, 1.82) is 0 Å². The van der Waals surface area contributed by atoms with Crippen LogP contribution in [0.2, 0.25) is 0 Å². The second kappa shape index (κ2) is 13.7. The van der Waals surface area contributed by atoms with Crippen molar-refractivity contribution >= 4 is 65.8 Å². The van der Waals surface area contributed by atoms with E-state index < -0.39 is 0 Å². The average Bonchev–Trinajstić information content (AvgIpc) is 4.12. The number of rotatable bonds is 5. The van der Waals surface area contributed by atoms with Gasteiger partial charge in [-0.1, -0.05) is 159 Å². The van der Waals surface area contributed by atoms with Crippen molar-refractivity contribution in [1.82, 2.24) is 15.0 Å². The van der Waals surface area contributed by atoms with E-state index in [2.05, 4.69) is 129 Å². The van der Waals surface area contributed by atoms with Crippen LogP contribution in [-0.2, 0) is 5.41 Å². The van der Waals surface area contributed by atoms with E-state index >= 15 is 0 Å². The Labute approximate surface area is 378 Å². The van der Waals surface area contributed by atoms with Gasteiger partial charge in [-0.25, -0.2) is 15.0 Å². The maximum Gasteiger partial charge on any atom is 0.164 e. The zero-order valence-corrected chi connectivity index (χ0v) is 36.0. The molecule has 0 amide bonds. The SMILES string of the molecule is CC1(C)c2cc(-c3ccc(-c4cccc5c4oc4ccccc45)cc3)ccc2-c2ccc(-c3nc(-c4cccc5oc6ccccc6c45)nc(-c4cccc5oc6ccccc6c45)n3)cc21. The van der Waals surface area contributed by atoms with Gasteiger partial charge < -0.3 is 13.3 Å². The second-order valence-corrected chi connectivity index (χ2v) is 17.9. The van der Waals surface area contributed by atoms with Gasteiger partial charge in [0.25, 0.3) is 0 Å². The van der Waals surface area contributed by atoms with Crippen molar-refractivity contribution in [3.05, 3.63) is 199 Å². The monoisotopic (exact) mass is 847 g/mol. The molecular formula is C60H37N3O3. The summed E-state index contributed by atoms with van der Waals surface area (Å²) < 4.78 is 19.1. The van der Waals surface area contributed by atoms with E-state index in [1.165, 1.54) is 27.8 Å². The fourth-order valence-electron chi connectivity index (χ4n) is 10.5. The molecular weight excluding hydrogens is 811 g/mol. The van der Waals surface area contributed by atoms with Crippen molar-refractivity contribution in [2.45, 2.75) is 19.3 Å². The summed E-state index contributed by atoms with van der Waals surface area (Å²) in [4.78, 5) is 15.9. The third-order valence-corrected chi connectivity index (χ3v) is 13.8. The van der Waals surface area contributed by atoms with E-state index in [9.17, 15) is 0 Å². The zero-order chi connectivity index (χ0) is 43.7. The third kappa shape index (κ3) is 5.39. The molecule has 0 radical (unpaired) electrons. The Bertz CT molecular complexity index is 4020. The highest BCUT2D eigenvalue weighted by atomic mass is 16.3. The molecule has 0 bridgehead atoms. The highest BCUT2D eigenvalue weighted by Crippen LogP contribution is 2.51. The van der Waals surface area contributed by atoms with Gasteiger partial charge in [0.05, 0.1) is 0 Å². The Balaban J connectivity index is 0.877. The first kappa shape index (κ1) is 36.8. The van der Waals surface area contributed by atoms with Crippen molar-refractivity contribution in [3.63, 3.8) is 0 Å². The average molecular weight is 848 g/mol. The molecule has 0 unspecified atom stereocenters. The number of hydrogen-bond acceptors (Lipinski definition) is 6. The van der Waals surface area contributed by atoms with E-state index in [0.29, 0.717) is 17.5 Å². The third-order valence-electron chi connectivity index (χ3n) is 13.8. The first-order valence-electron chi connectivity index (χ1n) is 22.3. The zero-order valence-electron chi connectivity index (χ0n) is 36.0. The molecule has 9 aromatic carbocycles. The lowest BCUT2D eigenvalue weighted by Gasteiger charge is -2.22. The van der Waals surface area contributed by atoms with E-state index in [4.69, 9.17) is 28.2 Å². The van der Waals surface area contributed by atoms with Gasteiger partial charge in [0, 0.05) is 60.0 Å². The standard InChI is InChI=1S/C60H37N3O3/c1-60(2)47-32-36(34-24-26-35(27-25-34)38-15-9-16-42-41-12-3-6-19-49(41)66-56(38)42)28-30-39(47)40-31-29-37(33-48(40)60)57-61-58(45-17-10-22-52-54(45)43-13-4-7-20-50(43)64-52)63-59(62-57)46-18-11-23-53-55(46)44-14-5-8-21-51(44)65-53/h3-33H,1-2H3. The van der Waals surface area contributed by atoms with Gasteiger partial charge in [0.15, 0.2) is 17.5 Å². The number of para-hydroxylation sites is 4. The van der Waals surface area contributed by atoms with E-state index in [0.717, 1.165) is 99.2 Å². The largest absolute Gasteiger partial charge is 0.456 e. The fourth-order valence-corrected chi connectivity index (χ4v) is 10.5. The van der Waals surface area contributed by atoms with Crippen molar-refractivity contribution < 1.29 is 13.3 Å². The van der Waals surface area contributed by atoms with E-state index in [1.807, 2.05) is 72.8 Å². The second-order valence-electron chi connectivity index (χ2n) is 17.9. The summed E-state index contributed by atoms with van der Waals surface area (Å²) in [5.41, 5.74) is 17.0. The van der Waals surface area contributed by atoms with Crippen LogP contribution in [0.4, 0.5) is 0 Å². The minimum Gasteiger partial charge on any atom is -0.456 e. The smallest absolute Gasteiger partial charge is 0.164 e. The highest BCUT2D eigenvalue weighted by Gasteiger charge is 2.36. The normalized spacial score (nSPS) is 13.1. The number of benzene rings is 9. The Morgan fingerprint density at radius 1 is 0.318 bits per heavy atom. The van der Waals surface area contributed by atoms with Gasteiger partial charge in [-0.05, 0) is 81.4 Å². The summed E-state index contributed by atoms with van der Waals surface area (Å²) in [5, 5.41) is 6.25. The summed E-state index contributed by atoms with van der Waals surface area (Å²) in [7, 11) is 0. The number of aromatic nitrogens is 3. The lowest BCUT2D eigenvalue weighted by atomic mass is 9.81. The highest BCUT2D eigenvalue weighted by molar-refractivity contribution is 6.14. The molecule has 6 nitrogen and oxygen atoms in total. The molecule has 0 fully saturated rings. The van der Waals surface area contributed by atoms with Gasteiger partial charge in [0.1, 0.15) is 33.5 Å². The molecule has 1 aliphatic carbocycles. The molecule has 4 heterocycles. The predicted octanol–water partition coefficient (Wildman–Crippen LogP) is 16.2. The molecule has 13 aromatic rings. The van der Waals surface area contributed by atoms with Gasteiger partial charge in [-0.15, -0.1) is 0 Å². The van der Waals surface area contributed by atoms with Crippen LogP contribution >= 0.6 is 0 Å². The van der Waals surface area contributed by atoms with Crippen LogP contribution in [0, 0.1) is 0 Å². The molecule has 0 aliphatic heterocycles. The minimum atomic E-state index is -0.297. The van der Waals surface area contributed by atoms with Crippen molar-refractivity contribution in [3.8, 4) is 67.5 Å². The topological polar surface area (TPSA) is 78.1 Å². The Kier molecular flexibility index (Phi) is 7.64.